The van der Waals surface area contributed by atoms with Crippen LogP contribution in [-0.2, 0) is 33.2 Å². The number of unbranched alkanes of at least 4 members (excludes halogenated alkanes) is 40. The van der Waals surface area contributed by atoms with Gasteiger partial charge in [0.2, 0.25) is 5.91 Å². The van der Waals surface area contributed by atoms with Gasteiger partial charge in [0, 0.05) is 6.42 Å². The van der Waals surface area contributed by atoms with E-state index in [1.54, 1.807) is 6.08 Å². The standard InChI is InChI=1S/C78H143NO18/c1-3-5-7-9-11-13-15-17-19-21-23-24-25-26-27-28-29-30-31-32-33-34-35-36-38-40-42-44-46-48-50-52-54-56-66(84)79-61(62(83)55-53-51-49-47-45-43-41-39-37-22-20-18-16-14-12-10-8-6-4-2)60-92-76-72(90)69(87)74(64(58-81)94-76)97-78-73(91)70(88)75(65(59-82)95-78)96-77-71(89)68(86)67(85)63(57-80)93-77/h15,17,21,23,45,47,53,55,61-65,67-78,80-83,85-91H,3-14,16,18-20,22,24-44,46,48-52,54,56-60H2,1-2H3,(H,79,84)/b17-15-,23-21-,47-45+,55-53+. The Morgan fingerprint density at radius 3 is 1.09 bits per heavy atom. The SMILES string of the molecule is CCCCCCC/C=C\C/C=C\CCCCCCCCCCCCCCCCCCCCCCCC(=O)NC(COC1OC(CO)C(OC2OC(CO)C(OC3OC(CO)C(O)C(O)C3O)C(O)C2O)C(O)C1O)C(O)/C=C/CC/C=C/CCCCCCCCCCCCCCC. The van der Waals surface area contributed by atoms with E-state index in [1.165, 1.54) is 231 Å². The summed E-state index contributed by atoms with van der Waals surface area (Å²) < 4.78 is 34.4. The topological polar surface area (TPSA) is 307 Å². The van der Waals surface area contributed by atoms with Crippen LogP contribution in [0.15, 0.2) is 48.6 Å². The van der Waals surface area contributed by atoms with E-state index in [-0.39, 0.29) is 18.9 Å². The van der Waals surface area contributed by atoms with Gasteiger partial charge in [0.15, 0.2) is 18.9 Å². The van der Waals surface area contributed by atoms with Crippen LogP contribution in [0.5, 0.6) is 0 Å². The van der Waals surface area contributed by atoms with Gasteiger partial charge < -0.3 is 89.9 Å². The highest BCUT2D eigenvalue weighted by molar-refractivity contribution is 5.76. The first-order chi connectivity index (χ1) is 47.3. The average Bonchev–Trinajstić information content (AvgIpc) is 0.845. The van der Waals surface area contributed by atoms with E-state index in [4.69, 9.17) is 28.4 Å². The van der Waals surface area contributed by atoms with Crippen molar-refractivity contribution in [1.29, 1.82) is 0 Å². The first-order valence-corrected chi connectivity index (χ1v) is 39.4. The minimum Gasteiger partial charge on any atom is -0.394 e. The molecule has 0 aromatic rings. The van der Waals surface area contributed by atoms with Gasteiger partial charge in [-0.1, -0.05) is 287 Å². The van der Waals surface area contributed by atoms with Crippen LogP contribution in [0.25, 0.3) is 0 Å². The van der Waals surface area contributed by atoms with Gasteiger partial charge in [0.1, 0.15) is 73.2 Å². The van der Waals surface area contributed by atoms with Crippen LogP contribution in [0, 0.1) is 0 Å². The lowest BCUT2D eigenvalue weighted by Gasteiger charge is -2.48. The second-order valence-electron chi connectivity index (χ2n) is 28.2. The van der Waals surface area contributed by atoms with E-state index in [0.717, 1.165) is 44.9 Å². The molecule has 19 nitrogen and oxygen atoms in total. The second-order valence-corrected chi connectivity index (χ2v) is 28.2. The Balaban J connectivity index is 1.36. The van der Waals surface area contributed by atoms with Gasteiger partial charge in [0.25, 0.3) is 0 Å². The molecular weight excluding hydrogens is 1240 g/mol. The van der Waals surface area contributed by atoms with Crippen molar-refractivity contribution in [2.24, 2.45) is 0 Å². The summed E-state index contributed by atoms with van der Waals surface area (Å²) in [5.74, 6) is -0.281. The Kier molecular flexibility index (Phi) is 54.3. The highest BCUT2D eigenvalue weighted by atomic mass is 16.8. The summed E-state index contributed by atoms with van der Waals surface area (Å²) >= 11 is 0. The first kappa shape index (κ1) is 89.0. The maximum atomic E-state index is 13.5. The van der Waals surface area contributed by atoms with Crippen molar-refractivity contribution in [3.63, 3.8) is 0 Å². The van der Waals surface area contributed by atoms with Crippen LogP contribution < -0.4 is 5.32 Å². The number of aliphatic hydroxyl groups is 11. The Bertz CT molecular complexity index is 1940. The van der Waals surface area contributed by atoms with Gasteiger partial charge in [-0.2, -0.15) is 0 Å². The van der Waals surface area contributed by atoms with Gasteiger partial charge in [-0.15, -0.1) is 0 Å². The molecule has 0 radical (unpaired) electrons. The molecule has 0 aromatic carbocycles. The lowest BCUT2D eigenvalue weighted by Crippen LogP contribution is -2.66. The maximum absolute atomic E-state index is 13.5. The molecule has 17 unspecified atom stereocenters. The van der Waals surface area contributed by atoms with Gasteiger partial charge >= 0.3 is 0 Å². The maximum Gasteiger partial charge on any atom is 0.220 e. The zero-order valence-electron chi connectivity index (χ0n) is 60.6. The largest absolute Gasteiger partial charge is 0.394 e. The summed E-state index contributed by atoms with van der Waals surface area (Å²) in [6.45, 7) is 1.74. The van der Waals surface area contributed by atoms with Crippen LogP contribution in [-0.4, -0.2) is 193 Å². The van der Waals surface area contributed by atoms with Gasteiger partial charge in [-0.25, -0.2) is 0 Å². The lowest BCUT2D eigenvalue weighted by atomic mass is 9.96. The predicted molar refractivity (Wildman–Crippen MR) is 383 cm³/mol. The van der Waals surface area contributed by atoms with Crippen molar-refractivity contribution in [3.8, 4) is 0 Å². The van der Waals surface area contributed by atoms with Gasteiger partial charge in [-0.05, 0) is 64.2 Å². The summed E-state index contributed by atoms with van der Waals surface area (Å²) in [6, 6.07) is -0.990. The van der Waals surface area contributed by atoms with Crippen molar-refractivity contribution in [2.45, 2.75) is 413 Å². The van der Waals surface area contributed by atoms with Crippen LogP contribution in [0.4, 0.5) is 0 Å². The molecule has 3 fully saturated rings. The predicted octanol–water partition coefficient (Wildman–Crippen LogP) is 12.5. The quantitative estimate of drug-likeness (QED) is 0.0199. The fourth-order valence-electron chi connectivity index (χ4n) is 13.2. The van der Waals surface area contributed by atoms with E-state index < -0.39 is 124 Å². The number of ether oxygens (including phenoxy) is 6. The van der Waals surface area contributed by atoms with Crippen molar-refractivity contribution in [3.05, 3.63) is 48.6 Å². The molecule has 1 amide bonds. The molecule has 12 N–H and O–H groups in total. The molecule has 0 spiro atoms. The zero-order valence-corrected chi connectivity index (χ0v) is 60.6. The van der Waals surface area contributed by atoms with E-state index >= 15 is 0 Å². The zero-order chi connectivity index (χ0) is 70.4. The van der Waals surface area contributed by atoms with Crippen molar-refractivity contribution >= 4 is 5.91 Å². The molecule has 568 valence electrons. The van der Waals surface area contributed by atoms with Crippen LogP contribution >= 0.6 is 0 Å². The summed E-state index contributed by atoms with van der Waals surface area (Å²) in [5, 5.41) is 121. The molecule has 3 aliphatic rings. The lowest BCUT2D eigenvalue weighted by molar-refractivity contribution is -0.379. The Labute approximate surface area is 586 Å². The minimum atomic E-state index is -1.98. The van der Waals surface area contributed by atoms with E-state index in [1.807, 2.05) is 6.08 Å². The number of nitrogens with one attached hydrogen (secondary N) is 1. The van der Waals surface area contributed by atoms with E-state index in [2.05, 4.69) is 55.6 Å². The normalized spacial score (nSPS) is 27.1. The Hall–Kier alpha value is -2.25. The van der Waals surface area contributed by atoms with E-state index in [0.29, 0.717) is 12.8 Å². The fourth-order valence-corrected chi connectivity index (χ4v) is 13.2. The molecule has 3 heterocycles. The third kappa shape index (κ3) is 39.8. The molecule has 0 saturated carbocycles. The van der Waals surface area contributed by atoms with Crippen LogP contribution in [0.1, 0.15) is 309 Å². The summed E-state index contributed by atoms with van der Waals surface area (Å²) in [5.41, 5.74) is 0. The number of hydrogen-bond donors (Lipinski definition) is 12. The molecule has 0 bridgehead atoms. The first-order valence-electron chi connectivity index (χ1n) is 39.4. The molecule has 0 aliphatic carbocycles. The summed E-state index contributed by atoms with van der Waals surface area (Å²) in [6.07, 6.45) is 46.8. The minimum absolute atomic E-state index is 0.238. The van der Waals surface area contributed by atoms with Crippen LogP contribution in [0.2, 0.25) is 0 Å². The van der Waals surface area contributed by atoms with Gasteiger partial charge in [-0.3, -0.25) is 4.79 Å². The van der Waals surface area contributed by atoms with Crippen molar-refractivity contribution < 1.29 is 89.4 Å². The smallest absolute Gasteiger partial charge is 0.220 e. The highest BCUT2D eigenvalue weighted by Crippen LogP contribution is 2.33. The van der Waals surface area contributed by atoms with Crippen LogP contribution in [0.3, 0.4) is 0 Å². The van der Waals surface area contributed by atoms with Crippen molar-refractivity contribution in [2.75, 3.05) is 26.4 Å². The summed E-state index contributed by atoms with van der Waals surface area (Å²) in [7, 11) is 0. The van der Waals surface area contributed by atoms with Crippen molar-refractivity contribution in [1.82, 2.24) is 5.32 Å². The third-order valence-corrected chi connectivity index (χ3v) is 19.6. The fraction of sp³-hybridized carbons (Fsp3) is 0.885. The molecule has 97 heavy (non-hydrogen) atoms. The second kappa shape index (κ2) is 59.2. The third-order valence-electron chi connectivity index (χ3n) is 19.6. The number of carbonyl (C=O) groups excluding carboxylic acids is 1. The molecule has 3 rings (SSSR count). The summed E-state index contributed by atoms with van der Waals surface area (Å²) in [4.78, 5) is 13.5. The number of allylic oxidation sites excluding steroid dienone is 7. The highest BCUT2D eigenvalue weighted by Gasteiger charge is 2.53. The molecule has 0 aromatic heterocycles. The number of aliphatic hydroxyl groups excluding tert-OH is 11. The molecule has 3 saturated heterocycles. The average molecular weight is 1380 g/mol. The number of carbonyl (C=O) groups is 1. The molecule has 19 heteroatoms. The number of rotatable bonds is 62. The molecular formula is C78H143NO18. The molecule has 3 aliphatic heterocycles. The molecule has 17 atom stereocenters. The van der Waals surface area contributed by atoms with Gasteiger partial charge in [0.05, 0.1) is 38.6 Å². The monoisotopic (exact) mass is 1380 g/mol. The number of hydrogen-bond acceptors (Lipinski definition) is 18. The Morgan fingerprint density at radius 1 is 0.371 bits per heavy atom. The van der Waals surface area contributed by atoms with E-state index in [9.17, 15) is 61.0 Å². The Morgan fingerprint density at radius 2 is 0.691 bits per heavy atom. The number of amides is 1.